The number of hydrogen-bond donors (Lipinski definition) is 2. The van der Waals surface area contributed by atoms with E-state index in [1.54, 1.807) is 0 Å². The average molecular weight is 319 g/mol. The lowest BCUT2D eigenvalue weighted by Gasteiger charge is -2.35. The summed E-state index contributed by atoms with van der Waals surface area (Å²) >= 11 is 0. The van der Waals surface area contributed by atoms with E-state index in [2.05, 4.69) is 10.2 Å². The maximum Gasteiger partial charge on any atom is 0.321 e. The quantitative estimate of drug-likeness (QED) is 0.857. The van der Waals surface area contributed by atoms with Crippen LogP contribution in [0, 0.1) is 13.8 Å². The Hall–Kier alpha value is -1.92. The van der Waals surface area contributed by atoms with E-state index >= 15 is 0 Å². The van der Waals surface area contributed by atoms with Gasteiger partial charge in [-0.1, -0.05) is 12.1 Å². The second-order valence-corrected chi connectivity index (χ2v) is 6.19. The van der Waals surface area contributed by atoms with Crippen molar-refractivity contribution in [3.63, 3.8) is 0 Å². The molecule has 0 unspecified atom stereocenters. The van der Waals surface area contributed by atoms with Crippen molar-refractivity contribution in [3.05, 3.63) is 29.3 Å². The molecule has 0 aliphatic carbocycles. The molecule has 2 N–H and O–H groups in total. The molecule has 23 heavy (non-hydrogen) atoms. The van der Waals surface area contributed by atoms with Crippen LogP contribution in [0.5, 0.6) is 0 Å². The predicted octanol–water partition coefficient (Wildman–Crippen LogP) is 1.33. The molecule has 126 valence electrons. The normalized spacial score (nSPS) is 17.7. The van der Waals surface area contributed by atoms with Gasteiger partial charge in [-0.3, -0.25) is 14.5 Å². The van der Waals surface area contributed by atoms with Gasteiger partial charge in [-0.05, 0) is 38.1 Å². The molecule has 1 amide bonds. The highest BCUT2D eigenvalue weighted by Gasteiger charge is 2.30. The summed E-state index contributed by atoms with van der Waals surface area (Å²) in [5.41, 5.74) is 2.85. The van der Waals surface area contributed by atoms with Gasteiger partial charge in [0.1, 0.15) is 6.04 Å². The number of benzene rings is 1. The van der Waals surface area contributed by atoms with Crippen molar-refractivity contribution in [3.8, 4) is 0 Å². The van der Waals surface area contributed by atoms with Gasteiger partial charge in [-0.25, -0.2) is 0 Å². The van der Waals surface area contributed by atoms with E-state index in [4.69, 9.17) is 0 Å². The first-order valence-corrected chi connectivity index (χ1v) is 7.90. The zero-order valence-electron chi connectivity index (χ0n) is 14.0. The van der Waals surface area contributed by atoms with E-state index in [0.29, 0.717) is 13.1 Å². The summed E-state index contributed by atoms with van der Waals surface area (Å²) in [6.07, 6.45) is -0.0353. The number of hydrogen-bond acceptors (Lipinski definition) is 4. The number of carboxylic acids is 1. The van der Waals surface area contributed by atoms with Crippen molar-refractivity contribution >= 4 is 17.6 Å². The third kappa shape index (κ3) is 4.53. The minimum atomic E-state index is -0.939. The molecule has 2 rings (SSSR count). The van der Waals surface area contributed by atoms with E-state index in [1.807, 2.05) is 44.0 Å². The van der Waals surface area contributed by atoms with E-state index in [9.17, 15) is 14.7 Å². The van der Waals surface area contributed by atoms with Crippen molar-refractivity contribution in [2.45, 2.75) is 26.3 Å². The van der Waals surface area contributed by atoms with Crippen molar-refractivity contribution in [1.82, 2.24) is 9.80 Å². The Balaban J connectivity index is 2.01. The molecule has 1 atom stereocenters. The fourth-order valence-electron chi connectivity index (χ4n) is 2.77. The highest BCUT2D eigenvalue weighted by atomic mass is 16.4. The number of aryl methyl sites for hydroxylation is 1. The molecule has 1 aromatic carbocycles. The number of aliphatic carboxylic acids is 1. The molecule has 1 heterocycles. The van der Waals surface area contributed by atoms with E-state index < -0.39 is 12.0 Å². The molecule has 0 spiro atoms. The van der Waals surface area contributed by atoms with Crippen LogP contribution < -0.4 is 5.32 Å². The third-order valence-electron chi connectivity index (χ3n) is 4.52. The summed E-state index contributed by atoms with van der Waals surface area (Å²) in [6.45, 7) is 6.91. The number of likely N-dealkylation sites (N-methyl/N-ethyl adjacent to an activating group) is 1. The van der Waals surface area contributed by atoms with Crippen LogP contribution >= 0.6 is 0 Å². The zero-order chi connectivity index (χ0) is 17.0. The van der Waals surface area contributed by atoms with Gasteiger partial charge in [0.15, 0.2) is 0 Å². The van der Waals surface area contributed by atoms with Gasteiger partial charge in [0.05, 0.1) is 6.42 Å². The smallest absolute Gasteiger partial charge is 0.321 e. The molecule has 1 aliphatic heterocycles. The Morgan fingerprint density at radius 2 is 1.87 bits per heavy atom. The maximum absolute atomic E-state index is 12.3. The van der Waals surface area contributed by atoms with Gasteiger partial charge >= 0.3 is 5.97 Å². The van der Waals surface area contributed by atoms with Crippen molar-refractivity contribution in [1.29, 1.82) is 0 Å². The number of nitrogens with one attached hydrogen (secondary N) is 1. The van der Waals surface area contributed by atoms with Crippen LogP contribution in [0.25, 0.3) is 0 Å². The highest BCUT2D eigenvalue weighted by Crippen LogP contribution is 2.19. The molecule has 0 bridgehead atoms. The molecule has 0 aromatic heterocycles. The molecule has 6 heteroatoms. The lowest BCUT2D eigenvalue weighted by molar-refractivity contribution is -0.145. The topological polar surface area (TPSA) is 72.9 Å². The van der Waals surface area contributed by atoms with Crippen LogP contribution in [0.2, 0.25) is 0 Å². The van der Waals surface area contributed by atoms with Crippen LogP contribution in [0.4, 0.5) is 5.69 Å². The molecule has 1 aromatic rings. The zero-order valence-corrected chi connectivity index (χ0v) is 14.0. The number of piperazine rings is 1. The van der Waals surface area contributed by atoms with Crippen LogP contribution in [0.3, 0.4) is 0 Å². The number of carbonyl (C=O) groups is 2. The van der Waals surface area contributed by atoms with E-state index in [-0.39, 0.29) is 12.3 Å². The van der Waals surface area contributed by atoms with Gasteiger partial charge < -0.3 is 15.3 Å². The van der Waals surface area contributed by atoms with Crippen LogP contribution in [-0.4, -0.2) is 66.1 Å². The molecular formula is C17H25N3O3. The Labute approximate surface area is 137 Å². The van der Waals surface area contributed by atoms with Crippen LogP contribution in [0.1, 0.15) is 17.5 Å². The van der Waals surface area contributed by atoms with E-state index in [1.165, 1.54) is 0 Å². The van der Waals surface area contributed by atoms with Crippen LogP contribution in [-0.2, 0) is 9.59 Å². The van der Waals surface area contributed by atoms with Crippen molar-refractivity contribution in [2.75, 3.05) is 38.5 Å². The lowest BCUT2D eigenvalue weighted by atomic mass is 10.1. The molecule has 1 fully saturated rings. The Morgan fingerprint density at radius 1 is 1.22 bits per heavy atom. The largest absolute Gasteiger partial charge is 0.480 e. The second kappa shape index (κ2) is 7.57. The minimum absolute atomic E-state index is 0.0353. The first-order valence-electron chi connectivity index (χ1n) is 7.90. The number of rotatable bonds is 5. The Morgan fingerprint density at radius 3 is 2.48 bits per heavy atom. The molecule has 6 nitrogen and oxygen atoms in total. The van der Waals surface area contributed by atoms with Crippen molar-refractivity contribution in [2.24, 2.45) is 0 Å². The summed E-state index contributed by atoms with van der Waals surface area (Å²) in [5, 5.41) is 12.3. The predicted molar refractivity (Wildman–Crippen MR) is 89.7 cm³/mol. The number of amides is 1. The molecule has 0 saturated carbocycles. The fourth-order valence-corrected chi connectivity index (χ4v) is 2.77. The second-order valence-electron chi connectivity index (χ2n) is 6.19. The number of anilines is 1. The minimum Gasteiger partial charge on any atom is -0.480 e. The van der Waals surface area contributed by atoms with Gasteiger partial charge in [0.2, 0.25) is 5.91 Å². The summed E-state index contributed by atoms with van der Waals surface area (Å²) in [5.74, 6) is -1.20. The number of nitrogens with zero attached hydrogens (tertiary/aromatic N) is 2. The molecular weight excluding hydrogens is 294 g/mol. The first-order chi connectivity index (χ1) is 10.9. The highest BCUT2D eigenvalue weighted by molar-refractivity contribution is 5.94. The molecule has 1 saturated heterocycles. The van der Waals surface area contributed by atoms with E-state index in [0.717, 1.165) is 29.9 Å². The summed E-state index contributed by atoms with van der Waals surface area (Å²) in [6, 6.07) is 4.93. The fraction of sp³-hybridized carbons (Fsp3) is 0.529. The van der Waals surface area contributed by atoms with Crippen molar-refractivity contribution < 1.29 is 14.7 Å². The van der Waals surface area contributed by atoms with Gasteiger partial charge in [0.25, 0.3) is 0 Å². The molecule has 1 aliphatic rings. The number of carbonyl (C=O) groups excluding carboxylic acids is 1. The molecule has 0 radical (unpaired) electrons. The Kier molecular flexibility index (Phi) is 5.74. The summed E-state index contributed by atoms with van der Waals surface area (Å²) in [4.78, 5) is 27.9. The first kappa shape index (κ1) is 17.4. The Bertz CT molecular complexity index is 580. The van der Waals surface area contributed by atoms with Gasteiger partial charge in [0, 0.05) is 31.9 Å². The number of carboxylic acid groups (broad SMARTS) is 1. The summed E-state index contributed by atoms with van der Waals surface area (Å²) in [7, 11) is 2.01. The SMILES string of the molecule is Cc1cccc(NC(=O)C[C@H](C(=O)O)N2CCN(C)CC2)c1C. The summed E-state index contributed by atoms with van der Waals surface area (Å²) < 4.78 is 0. The average Bonchev–Trinajstić information content (AvgIpc) is 2.50. The van der Waals surface area contributed by atoms with Gasteiger partial charge in [-0.2, -0.15) is 0 Å². The monoisotopic (exact) mass is 319 g/mol. The lowest BCUT2D eigenvalue weighted by Crippen LogP contribution is -2.52. The standard InChI is InChI=1S/C17H25N3O3/c1-12-5-4-6-14(13(12)2)18-16(21)11-15(17(22)23)20-9-7-19(3)8-10-20/h4-6,15H,7-11H2,1-3H3,(H,18,21)(H,22,23)/t15-/m1/s1. The van der Waals surface area contributed by atoms with Crippen LogP contribution in [0.15, 0.2) is 18.2 Å². The van der Waals surface area contributed by atoms with Gasteiger partial charge in [-0.15, -0.1) is 0 Å². The third-order valence-corrected chi connectivity index (χ3v) is 4.52. The maximum atomic E-state index is 12.3.